The highest BCUT2D eigenvalue weighted by Gasteiger charge is 2.31. The van der Waals surface area contributed by atoms with E-state index < -0.39 is 0 Å². The van der Waals surface area contributed by atoms with Crippen LogP contribution in [0.15, 0.2) is 48.5 Å². The van der Waals surface area contributed by atoms with E-state index in [1.54, 1.807) is 0 Å². The Labute approximate surface area is 147 Å². The number of halogens is 1. The molecular formula is C19H21ClN2O2. The van der Waals surface area contributed by atoms with Crippen LogP contribution >= 0.6 is 11.6 Å². The first-order chi connectivity index (χ1) is 11.6. The molecule has 0 heterocycles. The van der Waals surface area contributed by atoms with Gasteiger partial charge in [-0.05, 0) is 43.0 Å². The van der Waals surface area contributed by atoms with E-state index in [9.17, 15) is 4.79 Å². The molecule has 0 atom stereocenters. The second-order valence-electron chi connectivity index (χ2n) is 6.20. The number of anilines is 1. The minimum Gasteiger partial charge on any atom is -0.445 e. The van der Waals surface area contributed by atoms with Gasteiger partial charge in [0.25, 0.3) is 0 Å². The number of alkyl carbamates (subject to hydrolysis) is 1. The summed E-state index contributed by atoms with van der Waals surface area (Å²) in [6.45, 7) is 2.33. The van der Waals surface area contributed by atoms with Crippen LogP contribution in [0.1, 0.15) is 24.0 Å². The van der Waals surface area contributed by atoms with Crippen molar-refractivity contribution in [3.63, 3.8) is 0 Å². The summed E-state index contributed by atoms with van der Waals surface area (Å²) >= 11 is 6.19. The lowest BCUT2D eigenvalue weighted by Gasteiger charge is -2.36. The minimum absolute atomic E-state index is 0.148. The number of carbonyl (C=O) groups excluding carboxylic acids is 1. The Morgan fingerprint density at radius 2 is 1.92 bits per heavy atom. The van der Waals surface area contributed by atoms with Gasteiger partial charge in [0.15, 0.2) is 0 Å². The zero-order valence-corrected chi connectivity index (χ0v) is 14.3. The molecule has 126 valence electrons. The third-order valence-electron chi connectivity index (χ3n) is 4.15. The summed E-state index contributed by atoms with van der Waals surface area (Å²) in [7, 11) is 0. The Kier molecular flexibility index (Phi) is 5.26. The van der Waals surface area contributed by atoms with Gasteiger partial charge in [0.1, 0.15) is 6.61 Å². The number of rotatable bonds is 5. The van der Waals surface area contributed by atoms with Gasteiger partial charge >= 0.3 is 6.09 Å². The quantitative estimate of drug-likeness (QED) is 0.838. The molecule has 3 rings (SSSR count). The van der Waals surface area contributed by atoms with Crippen LogP contribution in [0.25, 0.3) is 0 Å². The van der Waals surface area contributed by atoms with Gasteiger partial charge in [-0.25, -0.2) is 4.79 Å². The number of amides is 1. The summed E-state index contributed by atoms with van der Waals surface area (Å²) in [6, 6.07) is 16.0. The van der Waals surface area contributed by atoms with Crippen molar-refractivity contribution in [3.05, 3.63) is 64.7 Å². The van der Waals surface area contributed by atoms with Gasteiger partial charge in [0.2, 0.25) is 0 Å². The molecule has 24 heavy (non-hydrogen) atoms. The van der Waals surface area contributed by atoms with Crippen LogP contribution in [0, 0.1) is 6.92 Å². The van der Waals surface area contributed by atoms with Crippen molar-refractivity contribution >= 4 is 23.4 Å². The second kappa shape index (κ2) is 7.58. The second-order valence-corrected chi connectivity index (χ2v) is 6.61. The third-order valence-corrected chi connectivity index (χ3v) is 4.48. The Balaban J connectivity index is 1.39. The predicted octanol–water partition coefficient (Wildman–Crippen LogP) is 4.52. The number of hydrogen-bond acceptors (Lipinski definition) is 3. The number of ether oxygens (including phenoxy) is 1. The molecule has 2 aromatic carbocycles. The largest absolute Gasteiger partial charge is 0.445 e. The first-order valence-corrected chi connectivity index (χ1v) is 8.48. The molecule has 2 aromatic rings. The topological polar surface area (TPSA) is 50.4 Å². The third kappa shape index (κ3) is 4.42. The van der Waals surface area contributed by atoms with E-state index in [1.807, 2.05) is 55.5 Å². The maximum atomic E-state index is 11.8. The average molecular weight is 345 g/mol. The minimum atomic E-state index is -0.365. The molecule has 5 heteroatoms. The normalized spacial score (nSPS) is 19.2. The SMILES string of the molecule is Cc1ccc(Cl)c(NC2CC(NC(=O)OCc3ccccc3)C2)c1. The molecule has 0 unspecified atom stereocenters. The van der Waals surface area contributed by atoms with Gasteiger partial charge in [-0.2, -0.15) is 0 Å². The number of hydrogen-bond donors (Lipinski definition) is 2. The van der Waals surface area contributed by atoms with Gasteiger partial charge < -0.3 is 15.4 Å². The van der Waals surface area contributed by atoms with Crippen LogP contribution in [0.2, 0.25) is 5.02 Å². The van der Waals surface area contributed by atoms with E-state index in [4.69, 9.17) is 16.3 Å². The number of aryl methyl sites for hydroxylation is 1. The molecule has 4 nitrogen and oxygen atoms in total. The molecule has 1 amide bonds. The Morgan fingerprint density at radius 1 is 1.17 bits per heavy atom. The van der Waals surface area contributed by atoms with Crippen molar-refractivity contribution in [2.45, 2.75) is 38.5 Å². The lowest BCUT2D eigenvalue weighted by atomic mass is 9.86. The van der Waals surface area contributed by atoms with Crippen LogP contribution < -0.4 is 10.6 Å². The maximum absolute atomic E-state index is 11.8. The molecule has 1 aliphatic carbocycles. The lowest BCUT2D eigenvalue weighted by molar-refractivity contribution is 0.129. The zero-order valence-electron chi connectivity index (χ0n) is 13.6. The summed E-state index contributed by atoms with van der Waals surface area (Å²) in [4.78, 5) is 11.8. The Morgan fingerprint density at radius 3 is 2.67 bits per heavy atom. The predicted molar refractivity (Wildman–Crippen MR) is 96.4 cm³/mol. The molecule has 0 aromatic heterocycles. The molecule has 0 aliphatic heterocycles. The van der Waals surface area contributed by atoms with Gasteiger partial charge in [0, 0.05) is 12.1 Å². The van der Waals surface area contributed by atoms with Crippen LogP contribution in [0.5, 0.6) is 0 Å². The molecule has 1 aliphatic rings. The van der Waals surface area contributed by atoms with Crippen LogP contribution in [-0.2, 0) is 11.3 Å². The monoisotopic (exact) mass is 344 g/mol. The van der Waals surface area contributed by atoms with E-state index >= 15 is 0 Å². The average Bonchev–Trinajstić information content (AvgIpc) is 2.55. The molecule has 1 fully saturated rings. The molecule has 0 spiro atoms. The van der Waals surface area contributed by atoms with Gasteiger partial charge in [0.05, 0.1) is 10.7 Å². The van der Waals surface area contributed by atoms with Gasteiger partial charge in [-0.3, -0.25) is 0 Å². The van der Waals surface area contributed by atoms with Gasteiger partial charge in [-0.15, -0.1) is 0 Å². The highest BCUT2D eigenvalue weighted by molar-refractivity contribution is 6.33. The van der Waals surface area contributed by atoms with Crippen molar-refractivity contribution in [2.75, 3.05) is 5.32 Å². The van der Waals surface area contributed by atoms with Crippen LogP contribution in [0.3, 0.4) is 0 Å². The fourth-order valence-corrected chi connectivity index (χ4v) is 2.93. The number of carbonyl (C=O) groups is 1. The first-order valence-electron chi connectivity index (χ1n) is 8.10. The fraction of sp³-hybridized carbons (Fsp3) is 0.316. The fourth-order valence-electron chi connectivity index (χ4n) is 2.75. The molecule has 2 N–H and O–H groups in total. The summed E-state index contributed by atoms with van der Waals surface area (Å²) in [5.74, 6) is 0. The molecular weight excluding hydrogens is 324 g/mol. The number of nitrogens with one attached hydrogen (secondary N) is 2. The van der Waals surface area contributed by atoms with Crippen LogP contribution in [-0.4, -0.2) is 18.2 Å². The molecule has 0 bridgehead atoms. The summed E-state index contributed by atoms with van der Waals surface area (Å²) < 4.78 is 5.23. The van der Waals surface area contributed by atoms with Gasteiger partial charge in [-0.1, -0.05) is 48.0 Å². The van der Waals surface area contributed by atoms with Crippen molar-refractivity contribution in [1.29, 1.82) is 0 Å². The van der Waals surface area contributed by atoms with Crippen molar-refractivity contribution in [3.8, 4) is 0 Å². The molecule has 1 saturated carbocycles. The van der Waals surface area contributed by atoms with Crippen molar-refractivity contribution < 1.29 is 9.53 Å². The highest BCUT2D eigenvalue weighted by atomic mass is 35.5. The van der Waals surface area contributed by atoms with E-state index in [0.29, 0.717) is 12.6 Å². The smallest absolute Gasteiger partial charge is 0.407 e. The Bertz CT molecular complexity index is 700. The van der Waals surface area contributed by atoms with Crippen LogP contribution in [0.4, 0.5) is 10.5 Å². The summed E-state index contributed by atoms with van der Waals surface area (Å²) in [5, 5.41) is 7.04. The molecule has 0 radical (unpaired) electrons. The zero-order chi connectivity index (χ0) is 16.9. The van der Waals surface area contributed by atoms with E-state index in [-0.39, 0.29) is 12.1 Å². The van der Waals surface area contributed by atoms with E-state index in [1.165, 1.54) is 5.56 Å². The highest BCUT2D eigenvalue weighted by Crippen LogP contribution is 2.29. The standard InChI is InChI=1S/C19H21ClN2O2/c1-13-7-8-17(20)18(9-13)21-15-10-16(11-15)22-19(23)24-12-14-5-3-2-4-6-14/h2-9,15-16,21H,10-12H2,1H3,(H,22,23). The van der Waals surface area contributed by atoms with E-state index in [2.05, 4.69) is 10.6 Å². The number of benzene rings is 2. The maximum Gasteiger partial charge on any atom is 0.407 e. The first kappa shape index (κ1) is 16.7. The Hall–Kier alpha value is -2.20. The van der Waals surface area contributed by atoms with Crippen molar-refractivity contribution in [2.24, 2.45) is 0 Å². The summed E-state index contributed by atoms with van der Waals surface area (Å²) in [6.07, 6.45) is 1.37. The lowest BCUT2D eigenvalue weighted by Crippen LogP contribution is -2.49. The summed E-state index contributed by atoms with van der Waals surface area (Å²) in [5.41, 5.74) is 3.10. The van der Waals surface area contributed by atoms with Crippen molar-refractivity contribution in [1.82, 2.24) is 5.32 Å². The van der Waals surface area contributed by atoms with E-state index in [0.717, 1.165) is 29.1 Å². The molecule has 0 saturated heterocycles.